The van der Waals surface area contributed by atoms with Crippen molar-refractivity contribution >= 4 is 11.6 Å². The van der Waals surface area contributed by atoms with Crippen LogP contribution in [0.4, 0.5) is 0 Å². The van der Waals surface area contributed by atoms with Gasteiger partial charge >= 0.3 is 0 Å². The van der Waals surface area contributed by atoms with E-state index in [0.29, 0.717) is 6.04 Å². The molecule has 0 radical (unpaired) electrons. The van der Waals surface area contributed by atoms with Crippen LogP contribution in [0.2, 0.25) is 5.02 Å². The molecule has 94 valence electrons. The number of nitrogens with zero attached hydrogens (tertiary/aromatic N) is 1. The Morgan fingerprint density at radius 3 is 3.00 bits per heavy atom. The Labute approximate surface area is 109 Å². The maximum absolute atomic E-state index is 6.23. The van der Waals surface area contributed by atoms with Crippen LogP contribution in [0.3, 0.4) is 0 Å². The summed E-state index contributed by atoms with van der Waals surface area (Å²) in [6.07, 6.45) is 2.50. The van der Waals surface area contributed by atoms with Crippen LogP contribution >= 0.6 is 11.6 Å². The third-order valence-electron chi connectivity index (χ3n) is 3.43. The highest BCUT2D eigenvalue weighted by Gasteiger charge is 2.21. The number of nitrogens with one attached hydrogen (secondary N) is 1. The van der Waals surface area contributed by atoms with Crippen LogP contribution in [0.15, 0.2) is 24.3 Å². The van der Waals surface area contributed by atoms with Gasteiger partial charge in [0, 0.05) is 37.2 Å². The number of benzene rings is 1. The Morgan fingerprint density at radius 1 is 1.41 bits per heavy atom. The number of hydrogen-bond acceptors (Lipinski definition) is 2. The van der Waals surface area contributed by atoms with Gasteiger partial charge in [-0.15, -0.1) is 0 Å². The summed E-state index contributed by atoms with van der Waals surface area (Å²) in [7, 11) is 0. The Bertz CT molecular complexity index is 352. The first-order chi connectivity index (χ1) is 8.31. The molecule has 1 aromatic carbocycles. The summed E-state index contributed by atoms with van der Waals surface area (Å²) in [4.78, 5) is 2.56. The van der Waals surface area contributed by atoms with Crippen molar-refractivity contribution in [2.75, 3.05) is 19.6 Å². The van der Waals surface area contributed by atoms with Crippen molar-refractivity contribution in [1.29, 1.82) is 0 Å². The van der Waals surface area contributed by atoms with Crippen molar-refractivity contribution in [3.63, 3.8) is 0 Å². The topological polar surface area (TPSA) is 15.3 Å². The van der Waals surface area contributed by atoms with E-state index in [1.165, 1.54) is 18.4 Å². The van der Waals surface area contributed by atoms with Gasteiger partial charge in [-0.3, -0.25) is 4.90 Å². The van der Waals surface area contributed by atoms with Gasteiger partial charge in [-0.2, -0.15) is 0 Å². The van der Waals surface area contributed by atoms with Crippen molar-refractivity contribution < 1.29 is 0 Å². The molecule has 3 heteroatoms. The molecule has 0 spiro atoms. The van der Waals surface area contributed by atoms with E-state index in [-0.39, 0.29) is 0 Å². The average Bonchev–Trinajstić information content (AvgIpc) is 2.35. The fourth-order valence-corrected chi connectivity index (χ4v) is 2.67. The highest BCUT2D eigenvalue weighted by Crippen LogP contribution is 2.20. The monoisotopic (exact) mass is 252 g/mol. The molecule has 1 atom stereocenters. The molecule has 1 fully saturated rings. The van der Waals surface area contributed by atoms with Crippen LogP contribution in [0.5, 0.6) is 0 Å². The molecule has 1 aliphatic heterocycles. The molecule has 1 heterocycles. The van der Waals surface area contributed by atoms with E-state index >= 15 is 0 Å². The second-order valence-electron chi connectivity index (χ2n) is 4.71. The molecule has 1 aliphatic rings. The van der Waals surface area contributed by atoms with E-state index < -0.39 is 0 Å². The first kappa shape index (κ1) is 12.9. The fraction of sp³-hybridized carbons (Fsp3) is 0.571. The lowest BCUT2D eigenvalue weighted by Crippen LogP contribution is -2.50. The van der Waals surface area contributed by atoms with Crippen molar-refractivity contribution in [3.8, 4) is 0 Å². The summed E-state index contributed by atoms with van der Waals surface area (Å²) in [5, 5.41) is 4.37. The lowest BCUT2D eigenvalue weighted by atomic mass is 10.1. The van der Waals surface area contributed by atoms with Crippen LogP contribution in [-0.2, 0) is 6.54 Å². The third-order valence-corrected chi connectivity index (χ3v) is 3.79. The van der Waals surface area contributed by atoms with Crippen LogP contribution in [0.25, 0.3) is 0 Å². The van der Waals surface area contributed by atoms with E-state index in [2.05, 4.69) is 29.3 Å². The SMILES string of the molecule is CCCC1CNCCN1Cc1ccccc1Cl. The zero-order valence-corrected chi connectivity index (χ0v) is 11.2. The average molecular weight is 253 g/mol. The largest absolute Gasteiger partial charge is 0.314 e. The minimum Gasteiger partial charge on any atom is -0.314 e. The molecule has 1 N–H and O–H groups in total. The second kappa shape index (κ2) is 6.39. The highest BCUT2D eigenvalue weighted by molar-refractivity contribution is 6.31. The van der Waals surface area contributed by atoms with Gasteiger partial charge in [-0.25, -0.2) is 0 Å². The summed E-state index contributed by atoms with van der Waals surface area (Å²) in [5.74, 6) is 0. The van der Waals surface area contributed by atoms with Gasteiger partial charge in [0.2, 0.25) is 0 Å². The van der Waals surface area contributed by atoms with Crippen molar-refractivity contribution in [1.82, 2.24) is 10.2 Å². The van der Waals surface area contributed by atoms with Gasteiger partial charge in [0.05, 0.1) is 0 Å². The quantitative estimate of drug-likeness (QED) is 0.887. The van der Waals surface area contributed by atoms with E-state index in [9.17, 15) is 0 Å². The Morgan fingerprint density at radius 2 is 2.24 bits per heavy atom. The summed E-state index contributed by atoms with van der Waals surface area (Å²) in [6, 6.07) is 8.83. The molecule has 1 saturated heterocycles. The molecule has 2 nitrogen and oxygen atoms in total. The standard InChI is InChI=1S/C14H21ClN2/c1-2-5-13-10-16-8-9-17(13)11-12-6-3-4-7-14(12)15/h3-4,6-7,13,16H,2,5,8-11H2,1H3. The maximum atomic E-state index is 6.23. The van der Waals surface area contributed by atoms with Gasteiger partial charge in [0.1, 0.15) is 0 Å². The van der Waals surface area contributed by atoms with Crippen molar-refractivity contribution in [2.24, 2.45) is 0 Å². The van der Waals surface area contributed by atoms with Gasteiger partial charge < -0.3 is 5.32 Å². The van der Waals surface area contributed by atoms with Crippen LogP contribution in [0.1, 0.15) is 25.3 Å². The van der Waals surface area contributed by atoms with Crippen molar-refractivity contribution in [2.45, 2.75) is 32.4 Å². The molecule has 1 unspecified atom stereocenters. The number of rotatable bonds is 4. The minimum atomic E-state index is 0.657. The zero-order valence-electron chi connectivity index (χ0n) is 10.5. The van der Waals surface area contributed by atoms with Gasteiger partial charge in [-0.1, -0.05) is 43.1 Å². The smallest absolute Gasteiger partial charge is 0.0451 e. The Balaban J connectivity index is 2.03. The summed E-state index contributed by atoms with van der Waals surface area (Å²) in [5.41, 5.74) is 1.25. The fourth-order valence-electron chi connectivity index (χ4n) is 2.47. The van der Waals surface area contributed by atoms with Crippen molar-refractivity contribution in [3.05, 3.63) is 34.9 Å². The molecule has 17 heavy (non-hydrogen) atoms. The maximum Gasteiger partial charge on any atom is 0.0451 e. The predicted molar refractivity (Wildman–Crippen MR) is 73.4 cm³/mol. The first-order valence-electron chi connectivity index (χ1n) is 6.49. The lowest BCUT2D eigenvalue weighted by molar-refractivity contribution is 0.144. The molecular formula is C14H21ClN2. The summed E-state index contributed by atoms with van der Waals surface area (Å²) >= 11 is 6.23. The molecule has 0 amide bonds. The number of halogens is 1. The van der Waals surface area contributed by atoms with Gasteiger partial charge in [0.15, 0.2) is 0 Å². The second-order valence-corrected chi connectivity index (χ2v) is 5.12. The molecule has 0 bridgehead atoms. The van der Waals surface area contributed by atoms with Crippen LogP contribution in [0, 0.1) is 0 Å². The molecule has 2 rings (SSSR count). The summed E-state index contributed by atoms with van der Waals surface area (Å²) in [6.45, 7) is 6.55. The third kappa shape index (κ3) is 3.44. The normalized spacial score (nSPS) is 21.6. The van der Waals surface area contributed by atoms with Gasteiger partial charge in [0.25, 0.3) is 0 Å². The minimum absolute atomic E-state index is 0.657. The molecule has 0 aliphatic carbocycles. The number of piperazine rings is 1. The van der Waals surface area contributed by atoms with E-state index in [4.69, 9.17) is 11.6 Å². The van der Waals surface area contributed by atoms with Gasteiger partial charge in [-0.05, 0) is 18.1 Å². The first-order valence-corrected chi connectivity index (χ1v) is 6.87. The van der Waals surface area contributed by atoms with E-state index in [1.807, 2.05) is 12.1 Å². The molecule has 1 aromatic rings. The summed E-state index contributed by atoms with van der Waals surface area (Å²) < 4.78 is 0. The zero-order chi connectivity index (χ0) is 12.1. The molecule has 0 saturated carbocycles. The molecule has 0 aromatic heterocycles. The van der Waals surface area contributed by atoms with E-state index in [1.54, 1.807) is 0 Å². The van der Waals surface area contributed by atoms with E-state index in [0.717, 1.165) is 31.2 Å². The highest BCUT2D eigenvalue weighted by atomic mass is 35.5. The van der Waals surface area contributed by atoms with Crippen LogP contribution < -0.4 is 5.32 Å². The molecular weight excluding hydrogens is 232 g/mol. The lowest BCUT2D eigenvalue weighted by Gasteiger charge is -2.36. The Kier molecular flexibility index (Phi) is 4.84. The van der Waals surface area contributed by atoms with Crippen LogP contribution in [-0.4, -0.2) is 30.6 Å². The predicted octanol–water partition coefficient (Wildman–Crippen LogP) is 2.91. The Hall–Kier alpha value is -0.570. The number of hydrogen-bond donors (Lipinski definition) is 1.